The molecule has 3 fully saturated rings. The summed E-state index contributed by atoms with van der Waals surface area (Å²) >= 11 is 21.7. The van der Waals surface area contributed by atoms with E-state index in [1.165, 1.54) is 33.9 Å². The molecule has 0 saturated carbocycles. The Morgan fingerprint density at radius 3 is 2.33 bits per heavy atom. The second-order valence-electron chi connectivity index (χ2n) is 10.5. The molecule has 7 rings (SSSR count). The highest BCUT2D eigenvalue weighted by Gasteiger charge is 2.52. The molecule has 248 valence electrons. The minimum atomic E-state index is -4.36. The Morgan fingerprint density at radius 1 is 1.00 bits per heavy atom. The number of aliphatic hydroxyl groups excluding tert-OH is 2. The molecule has 3 aliphatic rings. The molecule has 4 aromatic rings. The summed E-state index contributed by atoms with van der Waals surface area (Å²) in [4.78, 5) is 38.2. The molecule has 18 nitrogen and oxygen atoms in total. The van der Waals surface area contributed by atoms with Gasteiger partial charge in [0.05, 0.1) is 46.9 Å². The van der Waals surface area contributed by atoms with Crippen LogP contribution in [-0.2, 0) is 43.9 Å². The van der Waals surface area contributed by atoms with Gasteiger partial charge < -0.3 is 39.4 Å². The molecule has 24 heteroatoms. The van der Waals surface area contributed by atoms with Gasteiger partial charge in [-0.15, -0.1) is 0 Å². The second-order valence-corrected chi connectivity index (χ2v) is 16.9. The Hall–Kier alpha value is -1.71. The summed E-state index contributed by atoms with van der Waals surface area (Å²) in [5, 5.41) is 22.9. The van der Waals surface area contributed by atoms with Gasteiger partial charge in [0.15, 0.2) is 23.6 Å². The summed E-state index contributed by atoms with van der Waals surface area (Å²) in [6.45, 7) is -9.69. The summed E-state index contributed by atoms with van der Waals surface area (Å²) in [7, 11) is 0. The van der Waals surface area contributed by atoms with E-state index in [0.717, 1.165) is 0 Å². The van der Waals surface area contributed by atoms with Gasteiger partial charge in [0.1, 0.15) is 36.6 Å². The van der Waals surface area contributed by atoms with Crippen LogP contribution in [0.5, 0.6) is 0 Å². The Balaban J connectivity index is 1.22. The van der Waals surface area contributed by atoms with E-state index in [-0.39, 0.29) is 27.2 Å². The number of nitrogens with zero attached hydrogens (tertiary/aromatic N) is 5. The molecular formula is C22H23Cl2N7O11P2S2. The first kappa shape index (κ1) is 32.8. The van der Waals surface area contributed by atoms with Gasteiger partial charge in [0.25, 0.3) is 5.56 Å². The molecule has 6 N–H and O–H groups in total. The number of nitrogens with one attached hydrogen (secondary N) is 1. The number of hydrogen-bond donors (Lipinski definition) is 6. The fourth-order valence-corrected chi connectivity index (χ4v) is 8.63. The normalized spacial score (nSPS) is 37.2. The highest BCUT2D eigenvalue weighted by molar-refractivity contribution is 8.44. The highest BCUT2D eigenvalue weighted by Crippen LogP contribution is 2.58. The molecule has 10 unspecified atom stereocenters. The minimum absolute atomic E-state index is 0.0347. The monoisotopic (exact) mass is 757 g/mol. The zero-order chi connectivity index (χ0) is 32.7. The number of aromatic nitrogens is 6. The highest BCUT2D eigenvalue weighted by atomic mass is 35.5. The molecule has 10 atom stereocenters. The van der Waals surface area contributed by atoms with Crippen LogP contribution in [0.4, 0.5) is 5.95 Å². The number of fused-ring (bicyclic) bond motifs is 6. The molecule has 3 aromatic heterocycles. The number of imidazole rings is 2. The maximum Gasteiger partial charge on any atom is 0.386 e. The van der Waals surface area contributed by atoms with Crippen LogP contribution in [0.2, 0.25) is 10.0 Å². The number of nitrogens with two attached hydrogens (primary N) is 1. The van der Waals surface area contributed by atoms with E-state index in [1.807, 2.05) is 0 Å². The fraction of sp³-hybridized carbons (Fsp3) is 0.455. The number of hydrogen-bond acceptors (Lipinski definition) is 15. The summed E-state index contributed by atoms with van der Waals surface area (Å²) in [5.41, 5.74) is 5.82. The molecule has 3 aliphatic heterocycles. The maximum atomic E-state index is 13.5. The molecule has 3 saturated heterocycles. The van der Waals surface area contributed by atoms with Gasteiger partial charge >= 0.3 is 13.5 Å². The van der Waals surface area contributed by atoms with Gasteiger partial charge in [-0.05, 0) is 23.9 Å². The average molecular weight is 758 g/mol. The van der Waals surface area contributed by atoms with Crippen LogP contribution in [0.25, 0.3) is 22.2 Å². The van der Waals surface area contributed by atoms with E-state index in [9.17, 15) is 24.5 Å². The molecule has 46 heavy (non-hydrogen) atoms. The Kier molecular flexibility index (Phi) is 8.57. The van der Waals surface area contributed by atoms with Crippen molar-refractivity contribution in [1.29, 1.82) is 0 Å². The summed E-state index contributed by atoms with van der Waals surface area (Å²) in [6, 6.07) is 3.06. The van der Waals surface area contributed by atoms with Crippen LogP contribution in [0.3, 0.4) is 0 Å². The minimum Gasteiger partial charge on any atom is -0.387 e. The molecular weight excluding hydrogens is 735 g/mol. The van der Waals surface area contributed by atoms with Crippen LogP contribution >= 0.6 is 49.0 Å². The summed E-state index contributed by atoms with van der Waals surface area (Å²) < 4.78 is 50.8. The maximum absolute atomic E-state index is 13.5. The lowest BCUT2D eigenvalue weighted by atomic mass is 10.1. The van der Waals surface area contributed by atoms with E-state index in [4.69, 9.17) is 68.3 Å². The van der Waals surface area contributed by atoms with E-state index in [1.54, 1.807) is 0 Å². The van der Waals surface area contributed by atoms with Gasteiger partial charge in [-0.2, -0.15) is 4.98 Å². The SMILES string of the molecule is Nc1nc2c(ncn2C2OC3COP(O)(=S)OC4C(O)C(COP(=O)(S)OC2C3O)OC4n2cnc3cc(Cl)c(Cl)cc32)c(=O)[nH]1. The largest absolute Gasteiger partial charge is 0.387 e. The van der Waals surface area contributed by atoms with Crippen molar-refractivity contribution in [3.05, 3.63) is 45.2 Å². The number of H-pyrrole nitrogens is 1. The molecule has 6 heterocycles. The van der Waals surface area contributed by atoms with Crippen molar-refractivity contribution in [2.45, 2.75) is 49.1 Å². The quantitative estimate of drug-likeness (QED) is 0.126. The summed E-state index contributed by atoms with van der Waals surface area (Å²) in [6.07, 6.45) is -8.40. The predicted molar refractivity (Wildman–Crippen MR) is 167 cm³/mol. The number of nitrogen functional groups attached to an aromatic ring is 1. The Labute approximate surface area is 277 Å². The van der Waals surface area contributed by atoms with Gasteiger partial charge in [-0.1, -0.05) is 35.5 Å². The first-order valence-electron chi connectivity index (χ1n) is 13.2. The predicted octanol–water partition coefficient (Wildman–Crippen LogP) is 1.65. The van der Waals surface area contributed by atoms with Gasteiger partial charge in [-0.3, -0.25) is 27.9 Å². The first-order valence-corrected chi connectivity index (χ1v) is 19.3. The number of anilines is 1. The second kappa shape index (κ2) is 12.0. The lowest BCUT2D eigenvalue weighted by Gasteiger charge is -2.27. The van der Waals surface area contributed by atoms with Crippen LogP contribution in [0, 0.1) is 0 Å². The zero-order valence-corrected chi connectivity index (χ0v) is 27.8. The number of halogens is 2. The number of rotatable bonds is 2. The Morgan fingerprint density at radius 2 is 1.61 bits per heavy atom. The molecule has 0 aliphatic carbocycles. The molecule has 0 amide bonds. The van der Waals surface area contributed by atoms with Crippen molar-refractivity contribution in [2.24, 2.45) is 0 Å². The lowest BCUT2D eigenvalue weighted by molar-refractivity contribution is -0.0599. The van der Waals surface area contributed by atoms with Crippen molar-refractivity contribution < 1.29 is 47.2 Å². The third-order valence-electron chi connectivity index (χ3n) is 7.56. The number of aromatic amines is 1. The van der Waals surface area contributed by atoms with Crippen molar-refractivity contribution in [2.75, 3.05) is 18.9 Å². The van der Waals surface area contributed by atoms with Crippen molar-refractivity contribution in [3.63, 3.8) is 0 Å². The number of ether oxygens (including phenoxy) is 2. The van der Waals surface area contributed by atoms with E-state index >= 15 is 0 Å². The smallest absolute Gasteiger partial charge is 0.386 e. The third-order valence-corrected chi connectivity index (χ3v) is 11.5. The van der Waals surface area contributed by atoms with Crippen molar-refractivity contribution in [3.8, 4) is 0 Å². The van der Waals surface area contributed by atoms with E-state index in [2.05, 4.69) is 32.2 Å². The summed E-state index contributed by atoms with van der Waals surface area (Å²) in [5.74, 6) is -0.225. The number of aliphatic hydroxyl groups is 2. The van der Waals surface area contributed by atoms with Crippen LogP contribution < -0.4 is 11.3 Å². The third kappa shape index (κ3) is 5.93. The Bertz CT molecular complexity index is 2000. The fourth-order valence-electron chi connectivity index (χ4n) is 5.45. The van der Waals surface area contributed by atoms with Crippen molar-refractivity contribution >= 4 is 88.9 Å². The number of thiol groups is 1. The van der Waals surface area contributed by atoms with Gasteiger partial charge in [0.2, 0.25) is 5.95 Å². The van der Waals surface area contributed by atoms with Gasteiger partial charge in [0, 0.05) is 0 Å². The molecule has 0 radical (unpaired) electrons. The molecule has 1 aromatic carbocycles. The van der Waals surface area contributed by atoms with Crippen molar-refractivity contribution in [1.82, 2.24) is 29.1 Å². The lowest BCUT2D eigenvalue weighted by Crippen LogP contribution is -2.37. The topological polar surface area (TPSA) is 241 Å². The first-order chi connectivity index (χ1) is 21.7. The molecule has 4 bridgehead atoms. The van der Waals surface area contributed by atoms with Crippen LogP contribution in [0.15, 0.2) is 29.6 Å². The molecule has 0 spiro atoms. The van der Waals surface area contributed by atoms with Crippen LogP contribution in [-0.4, -0.2) is 94.0 Å². The van der Waals surface area contributed by atoms with Gasteiger partial charge in [-0.25, -0.2) is 14.5 Å². The standard InChI is InChI=1S/C22H23Cl2N7O11P2S2/c23-7-1-9-10(2-8(7)24)30(5-26-9)20-16-14(32)11(39-20)3-37-44(36,46)42-17-15(33)12(4-38-43(35,45)41-16)40-21(17)31-6-27-13-18(31)28-22(25)29-19(13)34/h1-2,5-6,11-12,14-17,20-21,32-33H,3-4H2,(H,35,45)(H,36,46)(H3,25,28,29,34). The van der Waals surface area contributed by atoms with E-state index < -0.39 is 81.4 Å². The van der Waals surface area contributed by atoms with E-state index in [0.29, 0.717) is 11.0 Å². The zero-order valence-electron chi connectivity index (χ0n) is 22.8. The van der Waals surface area contributed by atoms with Crippen LogP contribution in [0.1, 0.15) is 12.5 Å². The number of benzene rings is 1. The average Bonchev–Trinajstić information content (AvgIpc) is 3.72.